The zero-order chi connectivity index (χ0) is 31.7. The van der Waals surface area contributed by atoms with E-state index >= 15 is 0 Å². The summed E-state index contributed by atoms with van der Waals surface area (Å²) >= 11 is 1.76. The molecule has 0 bridgehead atoms. The number of carboxylic acid groups (broad SMARTS) is 1. The molecule has 2 aromatic rings. The highest BCUT2D eigenvalue weighted by Crippen LogP contribution is 2.54. The highest BCUT2D eigenvalue weighted by Gasteiger charge is 2.56. The van der Waals surface area contributed by atoms with Gasteiger partial charge in [0.25, 0.3) is 0 Å². The summed E-state index contributed by atoms with van der Waals surface area (Å²) in [5, 5.41) is 29.4. The van der Waals surface area contributed by atoms with Gasteiger partial charge in [0.15, 0.2) is 0 Å². The highest BCUT2D eigenvalue weighted by atomic mass is 32.2. The van der Waals surface area contributed by atoms with Crippen LogP contribution in [0.4, 0.5) is 22.0 Å². The summed E-state index contributed by atoms with van der Waals surface area (Å²) in [6, 6.07) is 13.1. The van der Waals surface area contributed by atoms with Crippen LogP contribution in [0.25, 0.3) is 0 Å². The van der Waals surface area contributed by atoms with Gasteiger partial charge >= 0.3 is 18.1 Å². The second kappa shape index (κ2) is 15.5. The van der Waals surface area contributed by atoms with Gasteiger partial charge in [-0.05, 0) is 73.4 Å². The van der Waals surface area contributed by atoms with Crippen molar-refractivity contribution >= 4 is 17.7 Å². The number of benzene rings is 2. The number of phenolic OH excluding ortho intramolecular Hbond substituents is 2. The third-order valence-electron chi connectivity index (χ3n) is 8.95. The standard InChI is InChI=1S/C33H43F5O4S/c1-2-31(24-14-16-25(39)17-15-24)22-43-29-21-26(40)18-19-27(29)28(31)13-8-6-4-3-5-7-11-23(30(41)42)12-9-10-20-32(34,35)33(36,37)38/h14-19,21,23,28,39-40H,2-13,20,22H2,1H3,(H,41,42)/t23?,28-,31-/m1/s1. The molecule has 43 heavy (non-hydrogen) atoms. The van der Waals surface area contributed by atoms with Crippen molar-refractivity contribution in [3.8, 4) is 11.5 Å². The monoisotopic (exact) mass is 630 g/mol. The van der Waals surface area contributed by atoms with Crippen molar-refractivity contribution in [1.82, 2.24) is 0 Å². The second-order valence-electron chi connectivity index (χ2n) is 11.8. The Morgan fingerprint density at radius 2 is 1.47 bits per heavy atom. The SMILES string of the molecule is CC[C@]1(c2ccc(O)cc2)CSc2cc(O)ccc2[C@H]1CCCCCCCCC(CCCCC(F)(F)C(F)(F)F)C(=O)O. The van der Waals surface area contributed by atoms with E-state index in [1.54, 1.807) is 30.0 Å². The number of aliphatic carboxylic acids is 1. The Balaban J connectivity index is 1.46. The molecule has 4 nitrogen and oxygen atoms in total. The molecule has 3 atom stereocenters. The number of rotatable bonds is 17. The van der Waals surface area contributed by atoms with Crippen molar-refractivity contribution in [3.63, 3.8) is 0 Å². The molecule has 3 N–H and O–H groups in total. The highest BCUT2D eigenvalue weighted by molar-refractivity contribution is 7.99. The average molecular weight is 631 g/mol. The minimum Gasteiger partial charge on any atom is -0.508 e. The van der Waals surface area contributed by atoms with Gasteiger partial charge in [-0.2, -0.15) is 22.0 Å². The number of carboxylic acids is 1. The topological polar surface area (TPSA) is 77.8 Å². The van der Waals surface area contributed by atoms with Crippen LogP contribution in [0.5, 0.6) is 11.5 Å². The molecule has 1 heterocycles. The molecule has 3 rings (SSSR count). The third-order valence-corrected chi connectivity index (χ3v) is 10.3. The molecule has 10 heteroatoms. The Kier molecular flexibility index (Phi) is 12.6. The minimum atomic E-state index is -5.57. The van der Waals surface area contributed by atoms with Crippen LogP contribution in [0.15, 0.2) is 47.4 Å². The van der Waals surface area contributed by atoms with Crippen LogP contribution < -0.4 is 0 Å². The molecule has 2 aromatic carbocycles. The zero-order valence-electron chi connectivity index (χ0n) is 24.6. The number of unbranched alkanes of at least 4 members (excludes halogenated alkanes) is 6. The van der Waals surface area contributed by atoms with Gasteiger partial charge in [-0.25, -0.2) is 0 Å². The van der Waals surface area contributed by atoms with Crippen molar-refractivity contribution in [2.75, 3.05) is 5.75 Å². The molecule has 240 valence electrons. The fourth-order valence-electron chi connectivity index (χ4n) is 6.32. The summed E-state index contributed by atoms with van der Waals surface area (Å²) < 4.78 is 63.0. The lowest BCUT2D eigenvalue weighted by molar-refractivity contribution is -0.284. The van der Waals surface area contributed by atoms with E-state index in [1.807, 2.05) is 24.3 Å². The van der Waals surface area contributed by atoms with Gasteiger partial charge < -0.3 is 15.3 Å². The summed E-state index contributed by atoms with van der Waals surface area (Å²) in [4.78, 5) is 12.7. The molecule has 1 unspecified atom stereocenters. The maximum Gasteiger partial charge on any atom is 0.453 e. The second-order valence-corrected chi connectivity index (χ2v) is 12.8. The smallest absolute Gasteiger partial charge is 0.453 e. The summed E-state index contributed by atoms with van der Waals surface area (Å²) in [6.45, 7) is 2.20. The van der Waals surface area contributed by atoms with Crippen LogP contribution in [0.1, 0.15) is 107 Å². The largest absolute Gasteiger partial charge is 0.508 e. The predicted molar refractivity (Wildman–Crippen MR) is 159 cm³/mol. The Hall–Kier alpha value is -2.49. The van der Waals surface area contributed by atoms with Crippen LogP contribution in [-0.4, -0.2) is 39.1 Å². The van der Waals surface area contributed by atoms with Crippen LogP contribution in [-0.2, 0) is 10.2 Å². The van der Waals surface area contributed by atoms with E-state index in [2.05, 4.69) is 6.92 Å². The molecule has 0 fully saturated rings. The quantitative estimate of drug-likeness (QED) is 0.120. The number of fused-ring (bicyclic) bond motifs is 1. The van der Waals surface area contributed by atoms with Crippen molar-refractivity contribution in [2.24, 2.45) is 5.92 Å². The molecule has 0 saturated carbocycles. The number of hydrogen-bond donors (Lipinski definition) is 3. The first-order valence-corrected chi connectivity index (χ1v) is 16.2. The van der Waals surface area contributed by atoms with Gasteiger partial charge in [-0.1, -0.05) is 70.1 Å². The van der Waals surface area contributed by atoms with E-state index in [-0.39, 0.29) is 42.1 Å². The molecule has 1 aliphatic heterocycles. The Morgan fingerprint density at radius 3 is 2.07 bits per heavy atom. The van der Waals surface area contributed by atoms with Crippen molar-refractivity contribution in [3.05, 3.63) is 53.6 Å². The van der Waals surface area contributed by atoms with Crippen molar-refractivity contribution in [1.29, 1.82) is 0 Å². The molecular weight excluding hydrogens is 587 g/mol. The number of carbonyl (C=O) groups is 1. The molecule has 0 spiro atoms. The lowest BCUT2D eigenvalue weighted by Gasteiger charge is -2.45. The first-order chi connectivity index (χ1) is 20.3. The minimum absolute atomic E-state index is 0.0223. The van der Waals surface area contributed by atoms with Gasteiger partial charge in [0, 0.05) is 22.5 Å². The first-order valence-electron chi connectivity index (χ1n) is 15.2. The molecular formula is C33H43F5O4S. The molecule has 0 aliphatic carbocycles. The van der Waals surface area contributed by atoms with Gasteiger partial charge in [0.05, 0.1) is 5.92 Å². The third kappa shape index (κ3) is 9.25. The van der Waals surface area contributed by atoms with Crippen molar-refractivity contribution < 1.29 is 42.1 Å². The number of phenols is 2. The van der Waals surface area contributed by atoms with E-state index < -0.39 is 30.4 Å². The van der Waals surface area contributed by atoms with Crippen molar-refractivity contribution in [2.45, 2.75) is 119 Å². The van der Waals surface area contributed by atoms with E-state index in [1.165, 1.54) is 11.1 Å². The molecule has 0 saturated heterocycles. The Morgan fingerprint density at radius 1 is 0.884 bits per heavy atom. The fraction of sp³-hybridized carbons (Fsp3) is 0.606. The summed E-state index contributed by atoms with van der Waals surface area (Å²) in [5.41, 5.74) is 2.34. The number of alkyl halides is 5. The summed E-state index contributed by atoms with van der Waals surface area (Å²) in [7, 11) is 0. The van der Waals surface area contributed by atoms with Crippen LogP contribution >= 0.6 is 11.8 Å². The number of aromatic hydroxyl groups is 2. The normalized spacial score (nSPS) is 19.6. The van der Waals surface area contributed by atoms with Crippen LogP contribution in [0.3, 0.4) is 0 Å². The molecule has 1 aliphatic rings. The van der Waals surface area contributed by atoms with E-state index in [0.717, 1.165) is 55.6 Å². The lowest BCUT2D eigenvalue weighted by atomic mass is 9.65. The van der Waals surface area contributed by atoms with Gasteiger partial charge in [0.1, 0.15) is 11.5 Å². The summed E-state index contributed by atoms with van der Waals surface area (Å²) in [6.07, 6.45) is 0.629. The molecule has 0 aromatic heterocycles. The van der Waals surface area contributed by atoms with E-state index in [9.17, 15) is 42.1 Å². The van der Waals surface area contributed by atoms with Gasteiger partial charge in [-0.15, -0.1) is 11.8 Å². The predicted octanol–water partition coefficient (Wildman–Crippen LogP) is 10.2. The maximum atomic E-state index is 13.1. The molecule has 0 radical (unpaired) electrons. The number of thioether (sulfide) groups is 1. The number of halogens is 5. The van der Waals surface area contributed by atoms with Gasteiger partial charge in [-0.3, -0.25) is 4.79 Å². The summed E-state index contributed by atoms with van der Waals surface area (Å²) in [5.74, 6) is -4.87. The lowest BCUT2D eigenvalue weighted by Crippen LogP contribution is -2.38. The van der Waals surface area contributed by atoms with Gasteiger partial charge in [0.2, 0.25) is 0 Å². The fourth-order valence-corrected chi connectivity index (χ4v) is 7.89. The Labute approximate surface area is 255 Å². The number of hydrogen-bond acceptors (Lipinski definition) is 4. The average Bonchev–Trinajstić information content (AvgIpc) is 2.95. The van der Waals surface area contributed by atoms with E-state index in [4.69, 9.17) is 0 Å². The van der Waals surface area contributed by atoms with Crippen LogP contribution in [0.2, 0.25) is 0 Å². The Bertz CT molecular complexity index is 1170. The zero-order valence-corrected chi connectivity index (χ0v) is 25.5. The van der Waals surface area contributed by atoms with Crippen LogP contribution in [0, 0.1) is 5.92 Å². The van der Waals surface area contributed by atoms with E-state index in [0.29, 0.717) is 12.8 Å². The maximum absolute atomic E-state index is 13.1. The molecule has 0 amide bonds. The first kappa shape index (κ1) is 35.0.